The number of nitrogens with zero attached hydrogens (tertiary/aromatic N) is 3. The molecule has 23 heavy (non-hydrogen) atoms. The van der Waals surface area contributed by atoms with Crippen molar-refractivity contribution in [3.63, 3.8) is 0 Å². The highest BCUT2D eigenvalue weighted by atomic mass is 16.6. The Labute approximate surface area is 139 Å². The van der Waals surface area contributed by atoms with Gasteiger partial charge in [-0.2, -0.15) is 5.10 Å². The van der Waals surface area contributed by atoms with E-state index >= 15 is 0 Å². The fraction of sp³-hybridized carbons (Fsp3) is 0.765. The minimum atomic E-state index is -0.426. The zero-order valence-electron chi connectivity index (χ0n) is 14.8. The van der Waals surface area contributed by atoms with Crippen LogP contribution in [-0.4, -0.2) is 52.6 Å². The summed E-state index contributed by atoms with van der Waals surface area (Å²) in [4.78, 5) is 14.0. The Morgan fingerprint density at radius 1 is 1.48 bits per heavy atom. The molecule has 1 aliphatic rings. The predicted octanol–water partition coefficient (Wildman–Crippen LogP) is 2.20. The van der Waals surface area contributed by atoms with Gasteiger partial charge in [-0.05, 0) is 52.1 Å². The van der Waals surface area contributed by atoms with Gasteiger partial charge in [0.05, 0.1) is 5.69 Å². The summed E-state index contributed by atoms with van der Waals surface area (Å²) in [5.74, 6) is 0.500. The Bertz CT molecular complexity index is 507. The van der Waals surface area contributed by atoms with Crippen molar-refractivity contribution >= 4 is 6.09 Å². The van der Waals surface area contributed by atoms with E-state index in [0.29, 0.717) is 5.92 Å². The van der Waals surface area contributed by atoms with E-state index in [4.69, 9.17) is 4.74 Å². The number of likely N-dealkylation sites (tertiary alicyclic amines) is 1. The van der Waals surface area contributed by atoms with Gasteiger partial charge in [0.1, 0.15) is 5.60 Å². The number of ether oxygens (including phenoxy) is 1. The average Bonchev–Trinajstić information content (AvgIpc) is 2.88. The van der Waals surface area contributed by atoms with Crippen molar-refractivity contribution in [3.05, 3.63) is 18.0 Å². The zero-order chi connectivity index (χ0) is 16.9. The molecule has 1 atom stereocenters. The lowest BCUT2D eigenvalue weighted by atomic mass is 9.98. The third kappa shape index (κ3) is 6.22. The second kappa shape index (κ2) is 7.81. The maximum Gasteiger partial charge on any atom is 0.410 e. The summed E-state index contributed by atoms with van der Waals surface area (Å²) >= 11 is 0. The molecule has 0 radical (unpaired) electrons. The number of hydrogen-bond acceptors (Lipinski definition) is 4. The maximum absolute atomic E-state index is 12.1. The SMILES string of the molecule is Cn1ccc(CCNCC2CCCN(C(=O)OC(C)(C)C)C2)n1. The van der Waals surface area contributed by atoms with Crippen molar-refractivity contribution in [2.24, 2.45) is 13.0 Å². The number of carbonyl (C=O) groups is 1. The molecule has 0 aliphatic carbocycles. The van der Waals surface area contributed by atoms with Crippen molar-refractivity contribution in [2.45, 2.75) is 45.6 Å². The first-order chi connectivity index (χ1) is 10.8. The van der Waals surface area contributed by atoms with Gasteiger partial charge in [0, 0.05) is 39.3 Å². The van der Waals surface area contributed by atoms with Gasteiger partial charge >= 0.3 is 6.09 Å². The molecule has 0 saturated carbocycles. The van der Waals surface area contributed by atoms with E-state index in [1.54, 1.807) is 0 Å². The van der Waals surface area contributed by atoms with Crippen molar-refractivity contribution in [3.8, 4) is 0 Å². The van der Waals surface area contributed by atoms with Crippen LogP contribution < -0.4 is 5.32 Å². The highest BCUT2D eigenvalue weighted by molar-refractivity contribution is 5.68. The molecular weight excluding hydrogens is 292 g/mol. The fourth-order valence-corrected chi connectivity index (χ4v) is 2.84. The molecule has 1 amide bonds. The van der Waals surface area contributed by atoms with E-state index in [1.807, 2.05) is 49.7 Å². The Kier molecular flexibility index (Phi) is 6.04. The van der Waals surface area contributed by atoms with Crippen molar-refractivity contribution in [1.29, 1.82) is 0 Å². The van der Waals surface area contributed by atoms with Crippen LogP contribution in [0, 0.1) is 5.92 Å². The van der Waals surface area contributed by atoms with E-state index < -0.39 is 5.60 Å². The first-order valence-corrected chi connectivity index (χ1v) is 8.50. The molecule has 2 heterocycles. The van der Waals surface area contributed by atoms with Gasteiger partial charge in [0.2, 0.25) is 0 Å². The maximum atomic E-state index is 12.1. The van der Waals surface area contributed by atoms with Crippen LogP contribution in [0.3, 0.4) is 0 Å². The van der Waals surface area contributed by atoms with Crippen LogP contribution in [0.4, 0.5) is 4.79 Å². The minimum absolute atomic E-state index is 0.185. The smallest absolute Gasteiger partial charge is 0.410 e. The van der Waals surface area contributed by atoms with E-state index in [2.05, 4.69) is 10.4 Å². The van der Waals surface area contributed by atoms with Crippen molar-refractivity contribution in [1.82, 2.24) is 20.0 Å². The monoisotopic (exact) mass is 322 g/mol. The van der Waals surface area contributed by atoms with Crippen LogP contribution in [-0.2, 0) is 18.2 Å². The molecule has 2 rings (SSSR count). The molecular formula is C17H30N4O2. The van der Waals surface area contributed by atoms with Crippen LogP contribution in [0.1, 0.15) is 39.3 Å². The fourth-order valence-electron chi connectivity index (χ4n) is 2.84. The largest absolute Gasteiger partial charge is 0.444 e. The highest BCUT2D eigenvalue weighted by Crippen LogP contribution is 2.18. The Morgan fingerprint density at radius 3 is 2.91 bits per heavy atom. The van der Waals surface area contributed by atoms with Gasteiger partial charge < -0.3 is 15.0 Å². The molecule has 1 N–H and O–H groups in total. The molecule has 1 unspecified atom stereocenters. The average molecular weight is 322 g/mol. The molecule has 130 valence electrons. The second-order valence-corrected chi connectivity index (χ2v) is 7.37. The van der Waals surface area contributed by atoms with Gasteiger partial charge in [0.15, 0.2) is 0 Å². The Morgan fingerprint density at radius 2 is 2.26 bits per heavy atom. The lowest BCUT2D eigenvalue weighted by Crippen LogP contribution is -2.45. The molecule has 1 saturated heterocycles. The van der Waals surface area contributed by atoms with Crippen LogP contribution >= 0.6 is 0 Å². The number of nitrogens with one attached hydrogen (secondary N) is 1. The molecule has 1 fully saturated rings. The normalized spacial score (nSPS) is 19.0. The van der Waals surface area contributed by atoms with Crippen LogP contribution in [0.5, 0.6) is 0 Å². The summed E-state index contributed by atoms with van der Waals surface area (Å²) in [7, 11) is 1.93. The minimum Gasteiger partial charge on any atom is -0.444 e. The molecule has 1 aromatic rings. The molecule has 0 aromatic carbocycles. The van der Waals surface area contributed by atoms with E-state index in [-0.39, 0.29) is 6.09 Å². The van der Waals surface area contributed by atoms with E-state index in [1.165, 1.54) is 0 Å². The van der Waals surface area contributed by atoms with Crippen molar-refractivity contribution in [2.75, 3.05) is 26.2 Å². The predicted molar refractivity (Wildman–Crippen MR) is 90.3 cm³/mol. The molecule has 0 spiro atoms. The standard InChI is InChI=1S/C17H30N4O2/c1-17(2,3)23-16(22)21-10-5-6-14(13-21)12-18-9-7-15-8-11-20(4)19-15/h8,11,14,18H,5-7,9-10,12-13H2,1-4H3. The summed E-state index contributed by atoms with van der Waals surface area (Å²) < 4.78 is 7.30. The molecule has 1 aliphatic heterocycles. The van der Waals surface area contributed by atoms with Gasteiger partial charge in [-0.1, -0.05) is 0 Å². The summed E-state index contributed by atoms with van der Waals surface area (Å²) in [6.45, 7) is 9.17. The van der Waals surface area contributed by atoms with Crippen LogP contribution in [0.25, 0.3) is 0 Å². The second-order valence-electron chi connectivity index (χ2n) is 7.37. The molecule has 6 heteroatoms. The van der Waals surface area contributed by atoms with E-state index in [9.17, 15) is 4.79 Å². The summed E-state index contributed by atoms with van der Waals surface area (Å²) in [6, 6.07) is 2.05. The Balaban J connectivity index is 1.68. The molecule has 1 aromatic heterocycles. The summed E-state index contributed by atoms with van der Waals surface area (Å²) in [6.07, 6.45) is 4.93. The molecule has 0 bridgehead atoms. The third-order valence-electron chi connectivity index (χ3n) is 3.93. The number of carbonyl (C=O) groups excluding carboxylic acids is 1. The number of hydrogen-bond donors (Lipinski definition) is 1. The van der Waals surface area contributed by atoms with Crippen LogP contribution in [0.2, 0.25) is 0 Å². The van der Waals surface area contributed by atoms with Gasteiger partial charge in [-0.3, -0.25) is 4.68 Å². The first kappa shape index (κ1) is 17.8. The topological polar surface area (TPSA) is 59.4 Å². The van der Waals surface area contributed by atoms with Gasteiger partial charge in [-0.15, -0.1) is 0 Å². The number of rotatable bonds is 5. The highest BCUT2D eigenvalue weighted by Gasteiger charge is 2.27. The zero-order valence-corrected chi connectivity index (χ0v) is 14.8. The number of amides is 1. The molecule has 6 nitrogen and oxygen atoms in total. The quantitative estimate of drug-likeness (QED) is 0.844. The number of aromatic nitrogens is 2. The Hall–Kier alpha value is -1.56. The van der Waals surface area contributed by atoms with Crippen molar-refractivity contribution < 1.29 is 9.53 Å². The number of aryl methyl sites for hydroxylation is 1. The lowest BCUT2D eigenvalue weighted by Gasteiger charge is -2.34. The first-order valence-electron chi connectivity index (χ1n) is 8.50. The summed E-state index contributed by atoms with van der Waals surface area (Å²) in [5.41, 5.74) is 0.685. The van der Waals surface area contributed by atoms with Gasteiger partial charge in [-0.25, -0.2) is 4.79 Å². The van der Waals surface area contributed by atoms with Gasteiger partial charge in [0.25, 0.3) is 0 Å². The van der Waals surface area contributed by atoms with E-state index in [0.717, 1.165) is 51.1 Å². The summed E-state index contributed by atoms with van der Waals surface area (Å²) in [5, 5.41) is 7.86. The third-order valence-corrected chi connectivity index (χ3v) is 3.93. The van der Waals surface area contributed by atoms with Crippen LogP contribution in [0.15, 0.2) is 12.3 Å². The lowest BCUT2D eigenvalue weighted by molar-refractivity contribution is 0.0166. The number of piperidine rings is 1.